The summed E-state index contributed by atoms with van der Waals surface area (Å²) in [4.78, 5) is 0. The third-order valence-electron chi connectivity index (χ3n) is 4.25. The van der Waals surface area contributed by atoms with E-state index in [9.17, 15) is 0 Å². The van der Waals surface area contributed by atoms with Crippen molar-refractivity contribution in [1.29, 1.82) is 0 Å². The highest BCUT2D eigenvalue weighted by Gasteiger charge is 2.26. The highest BCUT2D eigenvalue weighted by molar-refractivity contribution is 6.04. The largest absolute Gasteiger partial charge is 0.496 e. The Morgan fingerprint density at radius 3 is 2.50 bits per heavy atom. The summed E-state index contributed by atoms with van der Waals surface area (Å²) in [5, 5.41) is 2.39. The molecule has 0 bridgehead atoms. The van der Waals surface area contributed by atoms with E-state index in [0.29, 0.717) is 0 Å². The zero-order valence-corrected chi connectivity index (χ0v) is 12.6. The zero-order valence-electron chi connectivity index (χ0n) is 12.6. The van der Waals surface area contributed by atoms with Gasteiger partial charge in [-0.3, -0.25) is 0 Å². The summed E-state index contributed by atoms with van der Waals surface area (Å²) in [5.41, 5.74) is 4.17. The van der Waals surface area contributed by atoms with Gasteiger partial charge in [0.15, 0.2) is 0 Å². The fraction of sp³-hybridized carbons (Fsp3) is 0.100. The van der Waals surface area contributed by atoms with Gasteiger partial charge >= 0.3 is 0 Å². The molecular weight excluding hydrogens is 272 g/mol. The van der Waals surface area contributed by atoms with Crippen LogP contribution >= 0.6 is 0 Å². The number of fused-ring (bicyclic) bond motifs is 4. The van der Waals surface area contributed by atoms with Gasteiger partial charge in [0.05, 0.1) is 12.7 Å². The summed E-state index contributed by atoms with van der Waals surface area (Å²) in [6, 6.07) is 16.3. The predicted molar refractivity (Wildman–Crippen MR) is 89.9 cm³/mol. The Labute approximate surface area is 129 Å². The Balaban J connectivity index is 2.07. The molecule has 1 aliphatic heterocycles. The van der Waals surface area contributed by atoms with Crippen molar-refractivity contribution in [3.8, 4) is 17.2 Å². The maximum Gasteiger partial charge on any atom is 0.139 e. The van der Waals surface area contributed by atoms with Crippen LogP contribution in [0.3, 0.4) is 0 Å². The Bertz CT molecular complexity index is 922. The van der Waals surface area contributed by atoms with E-state index >= 15 is 0 Å². The van der Waals surface area contributed by atoms with E-state index in [4.69, 9.17) is 9.47 Å². The van der Waals surface area contributed by atoms with Gasteiger partial charge in [-0.2, -0.15) is 0 Å². The van der Waals surface area contributed by atoms with Gasteiger partial charge in [0.1, 0.15) is 17.2 Å². The minimum absolute atomic E-state index is 0.790. The molecule has 0 aromatic heterocycles. The van der Waals surface area contributed by atoms with E-state index in [1.54, 1.807) is 7.11 Å². The molecule has 108 valence electrons. The highest BCUT2D eigenvalue weighted by Crippen LogP contribution is 2.49. The molecule has 0 aliphatic carbocycles. The van der Waals surface area contributed by atoms with Crippen LogP contribution in [0.1, 0.15) is 16.7 Å². The van der Waals surface area contributed by atoms with Crippen molar-refractivity contribution in [2.45, 2.75) is 6.92 Å². The Kier molecular flexibility index (Phi) is 2.73. The molecule has 3 aromatic carbocycles. The van der Waals surface area contributed by atoms with Crippen molar-refractivity contribution in [2.75, 3.05) is 7.11 Å². The Morgan fingerprint density at radius 1 is 0.909 bits per heavy atom. The van der Waals surface area contributed by atoms with Gasteiger partial charge in [-0.05, 0) is 47.0 Å². The first-order chi connectivity index (χ1) is 10.7. The molecular formula is C20H16O2. The van der Waals surface area contributed by atoms with E-state index in [1.807, 2.05) is 24.3 Å². The third kappa shape index (κ3) is 1.67. The average Bonchev–Trinajstić information content (AvgIpc) is 2.54. The van der Waals surface area contributed by atoms with Gasteiger partial charge in [0.2, 0.25) is 0 Å². The molecule has 0 fully saturated rings. The first-order valence-electron chi connectivity index (χ1n) is 7.27. The number of methoxy groups -OCH3 is 1. The minimum atomic E-state index is 0.790. The molecule has 22 heavy (non-hydrogen) atoms. The van der Waals surface area contributed by atoms with Crippen molar-refractivity contribution in [1.82, 2.24) is 0 Å². The smallest absolute Gasteiger partial charge is 0.139 e. The maximum absolute atomic E-state index is 6.11. The normalized spacial score (nSPS) is 12.5. The predicted octanol–water partition coefficient (Wildman–Crippen LogP) is 5.32. The molecule has 0 radical (unpaired) electrons. The quantitative estimate of drug-likeness (QED) is 0.471. The van der Waals surface area contributed by atoms with E-state index < -0.39 is 0 Å². The molecule has 2 heteroatoms. The standard InChI is InChI=1S/C20H16O2/c1-12-6-4-7-14-10-11-17-20(18(12)14)13(2)19-15(21-3)8-5-9-16(19)22-17/h4-11H,2H2,1,3H3. The van der Waals surface area contributed by atoms with Crippen LogP contribution in [0.5, 0.6) is 17.2 Å². The fourth-order valence-electron chi connectivity index (χ4n) is 3.23. The molecule has 4 rings (SSSR count). The van der Waals surface area contributed by atoms with E-state index in [0.717, 1.165) is 33.9 Å². The molecule has 2 nitrogen and oxygen atoms in total. The van der Waals surface area contributed by atoms with Crippen LogP contribution in [0.4, 0.5) is 0 Å². The zero-order chi connectivity index (χ0) is 15.3. The molecule has 1 aliphatic rings. The van der Waals surface area contributed by atoms with E-state index in [-0.39, 0.29) is 0 Å². The van der Waals surface area contributed by atoms with E-state index in [1.165, 1.54) is 16.3 Å². The summed E-state index contributed by atoms with van der Waals surface area (Å²) in [6.45, 7) is 6.46. The number of aryl methyl sites for hydroxylation is 1. The molecule has 1 heterocycles. The fourth-order valence-corrected chi connectivity index (χ4v) is 3.23. The van der Waals surface area contributed by atoms with E-state index in [2.05, 4.69) is 37.8 Å². The SMILES string of the molecule is C=C1c2c(OC)cccc2Oc2ccc3cccc(C)c3c21. The molecule has 0 unspecified atom stereocenters. The lowest BCUT2D eigenvalue weighted by atomic mass is 9.89. The van der Waals surface area contributed by atoms with Crippen molar-refractivity contribution in [3.05, 3.63) is 71.8 Å². The first-order valence-corrected chi connectivity index (χ1v) is 7.27. The molecule has 0 amide bonds. The minimum Gasteiger partial charge on any atom is -0.496 e. The molecule has 0 atom stereocenters. The van der Waals surface area contributed by atoms with Crippen LogP contribution in [-0.4, -0.2) is 7.11 Å². The van der Waals surface area contributed by atoms with Gasteiger partial charge in [-0.1, -0.05) is 36.9 Å². The average molecular weight is 288 g/mol. The summed E-state index contributed by atoms with van der Waals surface area (Å²) >= 11 is 0. The molecule has 0 spiro atoms. The van der Waals surface area contributed by atoms with Crippen LogP contribution in [0.25, 0.3) is 16.3 Å². The monoisotopic (exact) mass is 288 g/mol. The van der Waals surface area contributed by atoms with Crippen molar-refractivity contribution in [3.63, 3.8) is 0 Å². The Morgan fingerprint density at radius 2 is 1.68 bits per heavy atom. The summed E-state index contributed by atoms with van der Waals surface area (Å²) in [6.07, 6.45) is 0. The number of hydrogen-bond acceptors (Lipinski definition) is 2. The Hall–Kier alpha value is -2.74. The molecule has 0 saturated carbocycles. The van der Waals surface area contributed by atoms with Crippen molar-refractivity contribution < 1.29 is 9.47 Å². The van der Waals surface area contributed by atoms with Gasteiger partial charge < -0.3 is 9.47 Å². The van der Waals surface area contributed by atoms with Crippen LogP contribution in [0.2, 0.25) is 0 Å². The number of hydrogen-bond donors (Lipinski definition) is 0. The van der Waals surface area contributed by atoms with Gasteiger partial charge in [0, 0.05) is 5.56 Å². The van der Waals surface area contributed by atoms with Gasteiger partial charge in [-0.15, -0.1) is 0 Å². The lowest BCUT2D eigenvalue weighted by Gasteiger charge is -2.25. The topological polar surface area (TPSA) is 18.5 Å². The maximum atomic E-state index is 6.11. The van der Waals surface area contributed by atoms with Crippen LogP contribution < -0.4 is 9.47 Å². The third-order valence-corrected chi connectivity index (χ3v) is 4.25. The summed E-state index contributed by atoms with van der Waals surface area (Å²) < 4.78 is 11.6. The van der Waals surface area contributed by atoms with Crippen molar-refractivity contribution >= 4 is 16.3 Å². The van der Waals surface area contributed by atoms with Crippen molar-refractivity contribution in [2.24, 2.45) is 0 Å². The van der Waals surface area contributed by atoms with Crippen LogP contribution in [0, 0.1) is 6.92 Å². The van der Waals surface area contributed by atoms with Gasteiger partial charge in [0.25, 0.3) is 0 Å². The lowest BCUT2D eigenvalue weighted by Crippen LogP contribution is -2.05. The second kappa shape index (κ2) is 4.63. The molecule has 0 saturated heterocycles. The van der Waals surface area contributed by atoms with Crippen LogP contribution in [0.15, 0.2) is 55.1 Å². The molecule has 3 aromatic rings. The molecule has 0 N–H and O–H groups in total. The number of ether oxygens (including phenoxy) is 2. The second-order valence-electron chi connectivity index (χ2n) is 5.53. The number of rotatable bonds is 1. The van der Waals surface area contributed by atoms with Crippen LogP contribution in [-0.2, 0) is 0 Å². The lowest BCUT2D eigenvalue weighted by molar-refractivity contribution is 0.405. The summed E-state index contributed by atoms with van der Waals surface area (Å²) in [7, 11) is 1.67. The van der Waals surface area contributed by atoms with Gasteiger partial charge in [-0.25, -0.2) is 0 Å². The second-order valence-corrected chi connectivity index (χ2v) is 5.53. The first kappa shape index (κ1) is 13.0. The highest BCUT2D eigenvalue weighted by atomic mass is 16.5. The summed E-state index contributed by atoms with van der Waals surface area (Å²) in [5.74, 6) is 2.44. The number of benzene rings is 3.